The molecule has 6 heteroatoms. The molecule has 1 aliphatic heterocycles. The number of amides is 1. The Kier molecular flexibility index (Phi) is 4.27. The zero-order valence-corrected chi connectivity index (χ0v) is 15.0. The first-order chi connectivity index (χ1) is 10.9. The van der Waals surface area contributed by atoms with E-state index in [1.807, 2.05) is 0 Å². The standard InChI is InChI=1S/C17H24FN3OSi/c1-11-16(18)13-9-14(21-15(13)10-19-11)17(22)20-12-5-4-7-23(2,3)8-6-12/h9-10,12,21H,4-8H2,1-3H3,(H,20,22). The third-order valence-corrected chi connectivity index (χ3v) is 8.29. The Morgan fingerprint density at radius 1 is 1.39 bits per heavy atom. The number of H-pyrrole nitrogens is 1. The van der Waals surface area contributed by atoms with Crippen molar-refractivity contribution < 1.29 is 9.18 Å². The molecule has 1 unspecified atom stereocenters. The van der Waals surface area contributed by atoms with Gasteiger partial charge in [0.15, 0.2) is 5.82 Å². The van der Waals surface area contributed by atoms with Crippen LogP contribution >= 0.6 is 0 Å². The summed E-state index contributed by atoms with van der Waals surface area (Å²) in [4.78, 5) is 19.4. The fourth-order valence-electron chi connectivity index (χ4n) is 3.36. The van der Waals surface area contributed by atoms with E-state index >= 15 is 0 Å². The van der Waals surface area contributed by atoms with Gasteiger partial charge in [-0.2, -0.15) is 0 Å². The van der Waals surface area contributed by atoms with Crippen molar-refractivity contribution >= 4 is 24.9 Å². The molecule has 3 rings (SSSR count). The van der Waals surface area contributed by atoms with Crippen LogP contribution in [0.4, 0.5) is 4.39 Å². The molecule has 1 fully saturated rings. The number of aromatic amines is 1. The molecule has 2 N–H and O–H groups in total. The smallest absolute Gasteiger partial charge is 0.267 e. The normalized spacial score (nSPS) is 21.1. The van der Waals surface area contributed by atoms with Gasteiger partial charge < -0.3 is 10.3 Å². The van der Waals surface area contributed by atoms with Gasteiger partial charge in [0.25, 0.3) is 5.91 Å². The highest BCUT2D eigenvalue weighted by Gasteiger charge is 2.27. The van der Waals surface area contributed by atoms with Crippen LogP contribution in [0.1, 0.15) is 35.4 Å². The lowest BCUT2D eigenvalue weighted by molar-refractivity contribution is 0.0930. The fraction of sp³-hybridized carbons (Fsp3) is 0.529. The molecule has 0 aromatic carbocycles. The quantitative estimate of drug-likeness (QED) is 0.816. The van der Waals surface area contributed by atoms with Gasteiger partial charge >= 0.3 is 0 Å². The molecule has 4 nitrogen and oxygen atoms in total. The maximum Gasteiger partial charge on any atom is 0.267 e. The van der Waals surface area contributed by atoms with E-state index in [-0.39, 0.29) is 17.8 Å². The molecular formula is C17H24FN3OSi. The monoisotopic (exact) mass is 333 g/mol. The zero-order valence-electron chi connectivity index (χ0n) is 14.0. The summed E-state index contributed by atoms with van der Waals surface area (Å²) in [5.74, 6) is -0.510. The zero-order chi connectivity index (χ0) is 16.6. The largest absolute Gasteiger partial charge is 0.349 e. The minimum absolute atomic E-state index is 0.148. The van der Waals surface area contributed by atoms with Crippen LogP contribution in [0.5, 0.6) is 0 Å². The first-order valence-electron chi connectivity index (χ1n) is 8.30. The molecule has 0 radical (unpaired) electrons. The molecule has 23 heavy (non-hydrogen) atoms. The van der Waals surface area contributed by atoms with Gasteiger partial charge in [-0.1, -0.05) is 31.6 Å². The summed E-state index contributed by atoms with van der Waals surface area (Å²) in [5, 5.41) is 3.54. The van der Waals surface area contributed by atoms with Gasteiger partial charge in [0.05, 0.1) is 17.4 Å². The van der Waals surface area contributed by atoms with Crippen molar-refractivity contribution in [2.24, 2.45) is 0 Å². The van der Waals surface area contributed by atoms with E-state index in [9.17, 15) is 9.18 Å². The van der Waals surface area contributed by atoms with E-state index < -0.39 is 8.07 Å². The number of aryl methyl sites for hydroxylation is 1. The summed E-state index contributed by atoms with van der Waals surface area (Å²) >= 11 is 0. The lowest BCUT2D eigenvalue weighted by Crippen LogP contribution is -2.35. The second kappa shape index (κ2) is 6.07. The minimum atomic E-state index is -1.07. The van der Waals surface area contributed by atoms with E-state index in [0.29, 0.717) is 22.3 Å². The highest BCUT2D eigenvalue weighted by atomic mass is 28.3. The maximum absolute atomic E-state index is 14.1. The first kappa shape index (κ1) is 16.2. The molecule has 0 spiro atoms. The number of carbonyl (C=O) groups is 1. The highest BCUT2D eigenvalue weighted by molar-refractivity contribution is 6.77. The van der Waals surface area contributed by atoms with Crippen LogP contribution in [0.3, 0.4) is 0 Å². The van der Waals surface area contributed by atoms with E-state index in [0.717, 1.165) is 12.8 Å². The van der Waals surface area contributed by atoms with Gasteiger partial charge in [-0.05, 0) is 25.8 Å². The predicted molar refractivity (Wildman–Crippen MR) is 93.0 cm³/mol. The van der Waals surface area contributed by atoms with Gasteiger partial charge in [0.2, 0.25) is 0 Å². The molecule has 1 atom stereocenters. The number of carbonyl (C=O) groups excluding carboxylic acids is 1. The average Bonchev–Trinajstić information content (AvgIpc) is 2.86. The maximum atomic E-state index is 14.1. The summed E-state index contributed by atoms with van der Waals surface area (Å²) in [6.45, 7) is 6.47. The molecule has 1 saturated heterocycles. The molecule has 0 aliphatic carbocycles. The summed E-state index contributed by atoms with van der Waals surface area (Å²) in [6, 6.07) is 4.40. The Labute approximate surface area is 136 Å². The molecule has 2 aromatic rings. The molecule has 0 saturated carbocycles. The highest BCUT2D eigenvalue weighted by Crippen LogP contribution is 2.27. The first-order valence-corrected chi connectivity index (χ1v) is 11.7. The van der Waals surface area contributed by atoms with Crippen LogP contribution in [0, 0.1) is 12.7 Å². The SMILES string of the molecule is Cc1ncc2[nH]c(C(=O)NC3CCC[Si](C)(C)CC3)cc2c1F. The van der Waals surface area contributed by atoms with Crippen LogP contribution in [-0.2, 0) is 0 Å². The van der Waals surface area contributed by atoms with Crippen molar-refractivity contribution in [1.29, 1.82) is 0 Å². The number of hydrogen-bond donors (Lipinski definition) is 2. The number of fused-ring (bicyclic) bond motifs is 1. The van der Waals surface area contributed by atoms with Crippen molar-refractivity contribution in [3.63, 3.8) is 0 Å². The fourth-order valence-corrected chi connectivity index (χ4v) is 5.90. The van der Waals surface area contributed by atoms with E-state index in [1.165, 1.54) is 18.5 Å². The third kappa shape index (κ3) is 3.47. The van der Waals surface area contributed by atoms with Crippen LogP contribution in [-0.4, -0.2) is 30.0 Å². The minimum Gasteiger partial charge on any atom is -0.349 e. The number of nitrogens with zero attached hydrogens (tertiary/aromatic N) is 1. The van der Waals surface area contributed by atoms with Crippen molar-refractivity contribution in [3.8, 4) is 0 Å². The number of pyridine rings is 1. The molecular weight excluding hydrogens is 309 g/mol. The van der Waals surface area contributed by atoms with E-state index in [2.05, 4.69) is 28.4 Å². The summed E-state index contributed by atoms with van der Waals surface area (Å²) in [6.07, 6.45) is 4.86. The van der Waals surface area contributed by atoms with E-state index in [1.54, 1.807) is 19.2 Å². The Bertz CT molecular complexity index is 741. The Morgan fingerprint density at radius 2 is 2.17 bits per heavy atom. The molecule has 1 aliphatic rings. The van der Waals surface area contributed by atoms with Crippen molar-refractivity contribution in [1.82, 2.24) is 15.3 Å². The van der Waals surface area contributed by atoms with Gasteiger partial charge in [0.1, 0.15) is 5.69 Å². The van der Waals surface area contributed by atoms with Crippen LogP contribution in [0.15, 0.2) is 12.3 Å². The topological polar surface area (TPSA) is 57.8 Å². The number of aromatic nitrogens is 2. The van der Waals surface area contributed by atoms with Crippen LogP contribution < -0.4 is 5.32 Å². The van der Waals surface area contributed by atoms with Crippen LogP contribution in [0.25, 0.3) is 10.9 Å². The van der Waals surface area contributed by atoms with E-state index in [4.69, 9.17) is 0 Å². The number of rotatable bonds is 2. The lowest BCUT2D eigenvalue weighted by atomic mass is 10.1. The molecule has 3 heterocycles. The Balaban J connectivity index is 1.75. The second-order valence-electron chi connectivity index (χ2n) is 7.43. The molecule has 0 bridgehead atoms. The number of hydrogen-bond acceptors (Lipinski definition) is 2. The predicted octanol–water partition coefficient (Wildman–Crippen LogP) is 4.00. The Morgan fingerprint density at radius 3 is 2.96 bits per heavy atom. The third-order valence-electron chi connectivity index (χ3n) is 4.95. The van der Waals surface area contributed by atoms with Crippen LogP contribution in [0.2, 0.25) is 25.2 Å². The lowest BCUT2D eigenvalue weighted by Gasteiger charge is -2.19. The molecule has 124 valence electrons. The molecule has 2 aromatic heterocycles. The summed E-state index contributed by atoms with van der Waals surface area (Å²) in [7, 11) is -1.07. The second-order valence-corrected chi connectivity index (χ2v) is 12.8. The van der Waals surface area contributed by atoms with Gasteiger partial charge in [-0.25, -0.2) is 4.39 Å². The average molecular weight is 333 g/mol. The molecule has 1 amide bonds. The van der Waals surface area contributed by atoms with Gasteiger partial charge in [-0.15, -0.1) is 0 Å². The number of halogens is 1. The van der Waals surface area contributed by atoms with Crippen molar-refractivity contribution in [3.05, 3.63) is 29.5 Å². The summed E-state index contributed by atoms with van der Waals surface area (Å²) < 4.78 is 14.1. The van der Waals surface area contributed by atoms with Crippen molar-refractivity contribution in [2.45, 2.75) is 57.4 Å². The van der Waals surface area contributed by atoms with Gasteiger partial charge in [-0.3, -0.25) is 9.78 Å². The van der Waals surface area contributed by atoms with Crippen molar-refractivity contribution in [2.75, 3.05) is 0 Å². The van der Waals surface area contributed by atoms with Gasteiger partial charge in [0, 0.05) is 19.5 Å². The Hall–Kier alpha value is -1.69. The summed E-state index contributed by atoms with van der Waals surface area (Å²) in [5.41, 5.74) is 1.32. The number of nitrogens with one attached hydrogen (secondary N) is 2.